The van der Waals surface area contributed by atoms with Gasteiger partial charge >= 0.3 is 0 Å². The molecule has 1 aliphatic heterocycles. The van der Waals surface area contributed by atoms with Crippen LogP contribution in [0.1, 0.15) is 12.8 Å². The van der Waals surface area contributed by atoms with Crippen molar-refractivity contribution in [3.05, 3.63) is 30.1 Å². The lowest BCUT2D eigenvalue weighted by molar-refractivity contribution is -0.117. The van der Waals surface area contributed by atoms with Crippen molar-refractivity contribution in [2.24, 2.45) is 0 Å². The molecule has 6 heteroatoms. The summed E-state index contributed by atoms with van der Waals surface area (Å²) in [6, 6.07) is 5.43. The molecule has 5 nitrogen and oxygen atoms in total. The van der Waals surface area contributed by atoms with E-state index < -0.39 is 17.3 Å². The molecule has 3 rings (SSSR count). The minimum absolute atomic E-state index is 0.0586. The molecule has 20 heavy (non-hydrogen) atoms. The van der Waals surface area contributed by atoms with Gasteiger partial charge in [-0.1, -0.05) is 12.1 Å². The summed E-state index contributed by atoms with van der Waals surface area (Å²) in [5.41, 5.74) is 0.288. The number of rotatable bonds is 2. The summed E-state index contributed by atoms with van der Waals surface area (Å²) in [5.74, 6) is -1.82. The van der Waals surface area contributed by atoms with Gasteiger partial charge < -0.3 is 14.6 Å². The van der Waals surface area contributed by atoms with E-state index in [0.29, 0.717) is 19.4 Å². The fraction of sp³-hybridized carbons (Fsp3) is 0.214. The third-order valence-corrected chi connectivity index (χ3v) is 3.25. The first-order chi connectivity index (χ1) is 9.58. The second-order valence-corrected chi connectivity index (χ2v) is 4.59. The zero-order valence-electron chi connectivity index (χ0n) is 10.5. The molecule has 0 bridgehead atoms. The summed E-state index contributed by atoms with van der Waals surface area (Å²) in [4.78, 5) is 12.9. The molecule has 0 atom stereocenters. The van der Waals surface area contributed by atoms with E-state index in [0.717, 1.165) is 0 Å². The predicted octanol–water partition coefficient (Wildman–Crippen LogP) is 2.62. The highest BCUT2D eigenvalue weighted by Crippen LogP contribution is 2.47. The molecule has 1 aromatic carbocycles. The van der Waals surface area contributed by atoms with Gasteiger partial charge in [-0.05, 0) is 18.6 Å². The first kappa shape index (κ1) is 12.5. The summed E-state index contributed by atoms with van der Waals surface area (Å²) >= 11 is 0. The molecular weight excluding hydrogens is 265 g/mol. The van der Waals surface area contributed by atoms with Gasteiger partial charge in [-0.25, -0.2) is 4.39 Å². The molecule has 2 aromatic rings. The number of furan rings is 1. The Balaban J connectivity index is 2.08. The molecule has 0 aliphatic carbocycles. The number of carbonyl (C=O) groups excluding carboxylic acids is 1. The average molecular weight is 277 g/mol. The Morgan fingerprint density at radius 3 is 2.70 bits per heavy atom. The van der Waals surface area contributed by atoms with E-state index in [4.69, 9.17) is 4.42 Å². The second kappa shape index (κ2) is 4.56. The van der Waals surface area contributed by atoms with Crippen LogP contribution in [0, 0.1) is 5.82 Å². The highest BCUT2D eigenvalue weighted by Gasteiger charge is 2.31. The molecular formula is C14H12FNO4. The predicted molar refractivity (Wildman–Crippen MR) is 69.0 cm³/mol. The highest BCUT2D eigenvalue weighted by atomic mass is 19.1. The topological polar surface area (TPSA) is 73.9 Å². The maximum Gasteiger partial charge on any atom is 0.249 e. The number of hydrogen-bond acceptors (Lipinski definition) is 4. The fourth-order valence-corrected chi connectivity index (χ4v) is 2.27. The molecule has 0 saturated carbocycles. The van der Waals surface area contributed by atoms with Gasteiger partial charge in [0.2, 0.25) is 23.3 Å². The standard InChI is InChI=1S/C14H12FNO4/c15-9-4-1-3-8(7-9)13-11(18)12(19)14(20-13)16-6-2-5-10(16)17/h1,3-4,7,18-19H,2,5-6H2. The third-order valence-electron chi connectivity index (χ3n) is 3.25. The van der Waals surface area contributed by atoms with Crippen molar-refractivity contribution < 1.29 is 23.8 Å². The minimum Gasteiger partial charge on any atom is -0.502 e. The van der Waals surface area contributed by atoms with Crippen LogP contribution in [0.25, 0.3) is 11.3 Å². The van der Waals surface area contributed by atoms with E-state index in [1.807, 2.05) is 0 Å². The Bertz CT molecular complexity index is 680. The van der Waals surface area contributed by atoms with Gasteiger partial charge in [0.15, 0.2) is 5.76 Å². The zero-order chi connectivity index (χ0) is 14.3. The maximum absolute atomic E-state index is 13.2. The largest absolute Gasteiger partial charge is 0.502 e. The lowest BCUT2D eigenvalue weighted by atomic mass is 10.1. The molecule has 1 amide bonds. The molecule has 0 unspecified atom stereocenters. The molecule has 1 saturated heterocycles. The van der Waals surface area contributed by atoms with E-state index in [1.54, 1.807) is 0 Å². The van der Waals surface area contributed by atoms with E-state index in [-0.39, 0.29) is 23.1 Å². The SMILES string of the molecule is O=C1CCCN1c1oc(-c2cccc(F)c2)c(O)c1O. The van der Waals surface area contributed by atoms with Gasteiger partial charge in [0, 0.05) is 18.5 Å². The highest BCUT2D eigenvalue weighted by molar-refractivity contribution is 5.96. The van der Waals surface area contributed by atoms with Crippen LogP contribution in [-0.2, 0) is 4.79 Å². The van der Waals surface area contributed by atoms with E-state index in [2.05, 4.69) is 0 Å². The van der Waals surface area contributed by atoms with Crippen LogP contribution >= 0.6 is 0 Å². The van der Waals surface area contributed by atoms with Crippen molar-refractivity contribution in [1.82, 2.24) is 0 Å². The van der Waals surface area contributed by atoms with Crippen LogP contribution in [0.5, 0.6) is 11.5 Å². The maximum atomic E-state index is 13.2. The van der Waals surface area contributed by atoms with Crippen LogP contribution in [0.2, 0.25) is 0 Å². The monoisotopic (exact) mass is 277 g/mol. The number of amides is 1. The summed E-state index contributed by atoms with van der Waals surface area (Å²) < 4.78 is 18.6. The summed E-state index contributed by atoms with van der Waals surface area (Å²) in [5, 5.41) is 19.8. The molecule has 104 valence electrons. The van der Waals surface area contributed by atoms with Crippen molar-refractivity contribution in [2.45, 2.75) is 12.8 Å². The first-order valence-corrected chi connectivity index (χ1v) is 6.19. The van der Waals surface area contributed by atoms with Gasteiger partial charge in [0.1, 0.15) is 5.82 Å². The zero-order valence-corrected chi connectivity index (χ0v) is 10.5. The Hall–Kier alpha value is -2.50. The van der Waals surface area contributed by atoms with Gasteiger partial charge in [-0.2, -0.15) is 0 Å². The number of carbonyl (C=O) groups is 1. The number of anilines is 1. The number of benzene rings is 1. The molecule has 1 aliphatic rings. The fourth-order valence-electron chi connectivity index (χ4n) is 2.27. The van der Waals surface area contributed by atoms with Gasteiger partial charge in [0.25, 0.3) is 0 Å². The summed E-state index contributed by atoms with van der Waals surface area (Å²) in [6.45, 7) is 0.419. The Labute approximate surface area is 113 Å². The van der Waals surface area contributed by atoms with Crippen LogP contribution in [0.3, 0.4) is 0 Å². The molecule has 0 radical (unpaired) electrons. The molecule has 2 N–H and O–H groups in total. The number of halogens is 1. The number of aromatic hydroxyl groups is 2. The minimum atomic E-state index is -0.500. The van der Waals surface area contributed by atoms with Crippen molar-refractivity contribution in [3.8, 4) is 22.8 Å². The van der Waals surface area contributed by atoms with Gasteiger partial charge in [-0.15, -0.1) is 0 Å². The first-order valence-electron chi connectivity index (χ1n) is 6.19. The van der Waals surface area contributed by atoms with Crippen molar-refractivity contribution in [3.63, 3.8) is 0 Å². The van der Waals surface area contributed by atoms with E-state index in [9.17, 15) is 19.4 Å². The van der Waals surface area contributed by atoms with E-state index >= 15 is 0 Å². The molecule has 1 fully saturated rings. The van der Waals surface area contributed by atoms with Crippen molar-refractivity contribution >= 4 is 11.8 Å². The normalized spacial score (nSPS) is 15.1. The van der Waals surface area contributed by atoms with Crippen LogP contribution < -0.4 is 4.90 Å². The van der Waals surface area contributed by atoms with Crippen LogP contribution in [0.4, 0.5) is 10.3 Å². The van der Waals surface area contributed by atoms with E-state index in [1.165, 1.54) is 29.2 Å². The van der Waals surface area contributed by atoms with Crippen molar-refractivity contribution in [2.75, 3.05) is 11.4 Å². The Morgan fingerprint density at radius 2 is 2.05 bits per heavy atom. The van der Waals surface area contributed by atoms with Crippen LogP contribution in [-0.4, -0.2) is 22.7 Å². The quantitative estimate of drug-likeness (QED) is 0.885. The third kappa shape index (κ3) is 1.89. The lowest BCUT2D eigenvalue weighted by Crippen LogP contribution is -2.23. The summed E-state index contributed by atoms with van der Waals surface area (Å²) in [6.07, 6.45) is 1.03. The van der Waals surface area contributed by atoms with Crippen molar-refractivity contribution in [1.29, 1.82) is 0 Å². The molecule has 1 aromatic heterocycles. The summed E-state index contributed by atoms with van der Waals surface area (Å²) in [7, 11) is 0. The lowest BCUT2D eigenvalue weighted by Gasteiger charge is -2.11. The Kier molecular flexibility index (Phi) is 2.85. The number of nitrogens with zero attached hydrogens (tertiary/aromatic N) is 1. The number of hydrogen-bond donors (Lipinski definition) is 2. The van der Waals surface area contributed by atoms with Gasteiger partial charge in [0.05, 0.1) is 0 Å². The van der Waals surface area contributed by atoms with Gasteiger partial charge in [-0.3, -0.25) is 9.69 Å². The van der Waals surface area contributed by atoms with Crippen LogP contribution in [0.15, 0.2) is 28.7 Å². The smallest absolute Gasteiger partial charge is 0.249 e. The second-order valence-electron chi connectivity index (χ2n) is 4.59. The molecule has 0 spiro atoms. The molecule has 2 heterocycles. The Morgan fingerprint density at radius 1 is 1.25 bits per heavy atom. The average Bonchev–Trinajstić information content (AvgIpc) is 2.96.